The molecular weight excluding hydrogens is 308 g/mol. The lowest BCUT2D eigenvalue weighted by molar-refractivity contribution is -0.0259. The van der Waals surface area contributed by atoms with Gasteiger partial charge in [0.25, 0.3) is 5.91 Å². The molecule has 1 aliphatic rings. The van der Waals surface area contributed by atoms with Crippen LogP contribution in [0.5, 0.6) is 0 Å². The van der Waals surface area contributed by atoms with E-state index in [1.54, 1.807) is 11.0 Å². The highest BCUT2D eigenvalue weighted by Crippen LogP contribution is 2.24. The number of amides is 1. The molecule has 1 saturated heterocycles. The van der Waals surface area contributed by atoms with Crippen molar-refractivity contribution in [2.45, 2.75) is 26.4 Å². The van der Waals surface area contributed by atoms with Gasteiger partial charge in [-0.1, -0.05) is 12.1 Å². The summed E-state index contributed by atoms with van der Waals surface area (Å²) in [6.45, 7) is 5.36. The zero-order valence-electron chi connectivity index (χ0n) is 14.2. The van der Waals surface area contributed by atoms with Gasteiger partial charge in [-0.25, -0.2) is 0 Å². The fraction of sp³-hybridized carbons (Fsp3) is 0.471. The number of nitrogens with zero attached hydrogens (tertiary/aromatic N) is 3. The summed E-state index contributed by atoms with van der Waals surface area (Å²) in [6, 6.07) is 5.63. The summed E-state index contributed by atoms with van der Waals surface area (Å²) >= 11 is 0. The Morgan fingerprint density at radius 1 is 1.42 bits per heavy atom. The van der Waals surface area contributed by atoms with Gasteiger partial charge < -0.3 is 19.5 Å². The van der Waals surface area contributed by atoms with Gasteiger partial charge in [-0.15, -0.1) is 0 Å². The number of carbonyl (C=O) groups excluding carboxylic acids is 1. The fourth-order valence-corrected chi connectivity index (χ4v) is 2.75. The van der Waals surface area contributed by atoms with Crippen LogP contribution in [0, 0.1) is 6.92 Å². The van der Waals surface area contributed by atoms with E-state index in [-0.39, 0.29) is 17.8 Å². The summed E-state index contributed by atoms with van der Waals surface area (Å²) in [5.74, 6) is 0.123. The van der Waals surface area contributed by atoms with Gasteiger partial charge in [0, 0.05) is 31.0 Å². The van der Waals surface area contributed by atoms with E-state index in [9.17, 15) is 4.79 Å². The van der Waals surface area contributed by atoms with Crippen LogP contribution >= 0.6 is 0 Å². The molecule has 2 aromatic heterocycles. The van der Waals surface area contributed by atoms with E-state index in [0.717, 1.165) is 29.2 Å². The summed E-state index contributed by atoms with van der Waals surface area (Å²) in [4.78, 5) is 18.9. The first-order valence-corrected chi connectivity index (χ1v) is 8.13. The van der Waals surface area contributed by atoms with Crippen molar-refractivity contribution in [3.05, 3.63) is 41.0 Å². The van der Waals surface area contributed by atoms with Crippen molar-refractivity contribution in [1.82, 2.24) is 15.0 Å². The maximum Gasteiger partial charge on any atom is 0.292 e. The molecule has 1 amide bonds. The van der Waals surface area contributed by atoms with Crippen LogP contribution in [0.2, 0.25) is 0 Å². The Kier molecular flexibility index (Phi) is 4.80. The number of morpholine rings is 1. The zero-order chi connectivity index (χ0) is 17.1. The van der Waals surface area contributed by atoms with E-state index in [0.29, 0.717) is 19.7 Å². The van der Waals surface area contributed by atoms with Crippen molar-refractivity contribution in [2.24, 2.45) is 0 Å². The van der Waals surface area contributed by atoms with Gasteiger partial charge in [0.15, 0.2) is 0 Å². The average molecular weight is 330 g/mol. The number of pyridine rings is 1. The maximum atomic E-state index is 12.6. The molecule has 0 aromatic carbocycles. The van der Waals surface area contributed by atoms with Gasteiger partial charge in [0.1, 0.15) is 6.10 Å². The predicted molar refractivity (Wildman–Crippen MR) is 89.0 cm³/mol. The molecule has 0 saturated carbocycles. The van der Waals surface area contributed by atoms with Crippen molar-refractivity contribution in [2.75, 3.05) is 32.1 Å². The largest absolute Gasteiger partial charge is 0.388 e. The molecule has 0 aliphatic carbocycles. The number of hydrogen-bond acceptors (Lipinski definition) is 6. The summed E-state index contributed by atoms with van der Waals surface area (Å²) in [7, 11) is 1.87. The van der Waals surface area contributed by atoms with Crippen LogP contribution in [0.25, 0.3) is 0 Å². The number of nitrogens with one attached hydrogen (secondary N) is 1. The second-order valence-electron chi connectivity index (χ2n) is 5.82. The monoisotopic (exact) mass is 330 g/mol. The van der Waals surface area contributed by atoms with Crippen molar-refractivity contribution >= 4 is 11.6 Å². The van der Waals surface area contributed by atoms with E-state index >= 15 is 0 Å². The third-order valence-electron chi connectivity index (χ3n) is 4.08. The Hall–Kier alpha value is -2.41. The smallest absolute Gasteiger partial charge is 0.292 e. The molecule has 0 spiro atoms. The standard InChI is InChI=1S/C17H22N4O3/c1-4-12-9-15(24-20-12)17(22)21-5-6-23-16(10-21)14-8-13(18-3)7-11(2)19-14/h7-9,16H,4-6,10H2,1-3H3,(H,18,19)/t16-/m1/s1. The minimum Gasteiger partial charge on any atom is -0.388 e. The van der Waals surface area contributed by atoms with Crippen LogP contribution in [0.4, 0.5) is 5.69 Å². The van der Waals surface area contributed by atoms with Crippen LogP contribution in [0.15, 0.2) is 22.7 Å². The number of aryl methyl sites for hydroxylation is 2. The summed E-state index contributed by atoms with van der Waals surface area (Å²) < 4.78 is 11.0. The first-order chi connectivity index (χ1) is 11.6. The SMILES string of the molecule is CCc1cc(C(=O)N2CCO[C@@H](c3cc(NC)cc(C)n3)C2)on1. The van der Waals surface area contributed by atoms with E-state index in [2.05, 4.69) is 15.5 Å². The van der Waals surface area contributed by atoms with Crippen molar-refractivity contribution in [1.29, 1.82) is 0 Å². The second-order valence-corrected chi connectivity index (χ2v) is 5.82. The molecule has 3 heterocycles. The van der Waals surface area contributed by atoms with Crippen LogP contribution in [-0.2, 0) is 11.2 Å². The number of aromatic nitrogens is 2. The minimum absolute atomic E-state index is 0.156. The molecule has 3 rings (SSSR count). The lowest BCUT2D eigenvalue weighted by atomic mass is 10.1. The molecule has 1 N–H and O–H groups in total. The Labute approximate surface area is 141 Å². The van der Waals surface area contributed by atoms with Crippen LogP contribution in [0.1, 0.15) is 40.7 Å². The molecular formula is C17H22N4O3. The number of carbonyl (C=O) groups is 1. The lowest BCUT2D eigenvalue weighted by Gasteiger charge is -2.32. The van der Waals surface area contributed by atoms with Crippen LogP contribution < -0.4 is 5.32 Å². The molecule has 2 aromatic rings. The van der Waals surface area contributed by atoms with Gasteiger partial charge in [-0.2, -0.15) is 0 Å². The Balaban J connectivity index is 1.76. The van der Waals surface area contributed by atoms with E-state index < -0.39 is 0 Å². The van der Waals surface area contributed by atoms with Crippen LogP contribution in [-0.4, -0.2) is 47.7 Å². The highest BCUT2D eigenvalue weighted by molar-refractivity contribution is 5.91. The first kappa shape index (κ1) is 16.4. The summed E-state index contributed by atoms with van der Waals surface area (Å²) in [5, 5.41) is 7.00. The van der Waals surface area contributed by atoms with Crippen molar-refractivity contribution in [3.63, 3.8) is 0 Å². The fourth-order valence-electron chi connectivity index (χ4n) is 2.75. The number of hydrogen-bond donors (Lipinski definition) is 1. The molecule has 7 heteroatoms. The molecule has 0 radical (unpaired) electrons. The molecule has 0 bridgehead atoms. The van der Waals surface area contributed by atoms with Crippen LogP contribution in [0.3, 0.4) is 0 Å². The molecule has 1 fully saturated rings. The zero-order valence-corrected chi connectivity index (χ0v) is 14.2. The quantitative estimate of drug-likeness (QED) is 0.925. The highest BCUT2D eigenvalue weighted by atomic mass is 16.5. The van der Waals surface area contributed by atoms with Gasteiger partial charge in [0.05, 0.1) is 24.5 Å². The third kappa shape index (κ3) is 3.41. The number of anilines is 1. The van der Waals surface area contributed by atoms with Crippen molar-refractivity contribution in [3.8, 4) is 0 Å². The van der Waals surface area contributed by atoms with E-state index in [1.165, 1.54) is 0 Å². The Morgan fingerprint density at radius 3 is 2.96 bits per heavy atom. The maximum absolute atomic E-state index is 12.6. The average Bonchev–Trinajstić information content (AvgIpc) is 3.09. The third-order valence-corrected chi connectivity index (χ3v) is 4.08. The number of rotatable bonds is 4. The Bertz CT molecular complexity index is 728. The molecule has 1 aliphatic heterocycles. The molecule has 24 heavy (non-hydrogen) atoms. The predicted octanol–water partition coefficient (Wildman–Crippen LogP) is 2.20. The van der Waals surface area contributed by atoms with Crippen molar-refractivity contribution < 1.29 is 14.1 Å². The van der Waals surface area contributed by atoms with Gasteiger partial charge in [-0.3, -0.25) is 9.78 Å². The molecule has 128 valence electrons. The summed E-state index contributed by atoms with van der Waals surface area (Å²) in [6.07, 6.45) is 0.492. The van der Waals surface area contributed by atoms with Gasteiger partial charge in [-0.05, 0) is 25.5 Å². The molecule has 1 atom stereocenters. The Morgan fingerprint density at radius 2 is 2.25 bits per heavy atom. The minimum atomic E-state index is -0.247. The molecule has 7 nitrogen and oxygen atoms in total. The van der Waals surface area contributed by atoms with Gasteiger partial charge in [0.2, 0.25) is 5.76 Å². The normalized spacial score (nSPS) is 17.8. The van der Waals surface area contributed by atoms with E-state index in [1.807, 2.05) is 33.0 Å². The first-order valence-electron chi connectivity index (χ1n) is 8.13. The lowest BCUT2D eigenvalue weighted by Crippen LogP contribution is -2.42. The topological polar surface area (TPSA) is 80.5 Å². The molecule has 0 unspecified atom stereocenters. The second kappa shape index (κ2) is 7.00. The van der Waals surface area contributed by atoms with E-state index in [4.69, 9.17) is 9.26 Å². The number of ether oxygens (including phenoxy) is 1. The van der Waals surface area contributed by atoms with Gasteiger partial charge >= 0.3 is 0 Å². The summed E-state index contributed by atoms with van der Waals surface area (Å²) in [5.41, 5.74) is 3.49. The highest BCUT2D eigenvalue weighted by Gasteiger charge is 2.29.